The van der Waals surface area contributed by atoms with Gasteiger partial charge < -0.3 is 10.8 Å². The van der Waals surface area contributed by atoms with Gasteiger partial charge in [-0.2, -0.15) is 0 Å². The van der Waals surface area contributed by atoms with Gasteiger partial charge in [0.15, 0.2) is 0 Å². The number of aliphatic hydroxyl groups excluding tert-OH is 1. The van der Waals surface area contributed by atoms with E-state index in [4.69, 9.17) is 10.8 Å². The first-order valence-electron chi connectivity index (χ1n) is 3.03. The molecule has 1 atom stereocenters. The predicted molar refractivity (Wildman–Crippen MR) is 35.1 cm³/mol. The van der Waals surface area contributed by atoms with E-state index in [1.54, 1.807) is 17.1 Å². The van der Waals surface area contributed by atoms with Crippen LogP contribution < -0.4 is 5.73 Å². The summed E-state index contributed by atoms with van der Waals surface area (Å²) in [4.78, 5) is 0. The van der Waals surface area contributed by atoms with Crippen molar-refractivity contribution in [3.8, 4) is 0 Å². The van der Waals surface area contributed by atoms with Gasteiger partial charge in [0.25, 0.3) is 0 Å². The summed E-state index contributed by atoms with van der Waals surface area (Å²) in [6.45, 7) is 0.482. The second-order valence-corrected chi connectivity index (χ2v) is 2.07. The van der Waals surface area contributed by atoms with Crippen molar-refractivity contribution in [2.24, 2.45) is 5.73 Å². The summed E-state index contributed by atoms with van der Waals surface area (Å²) in [6, 6.07) is -0.248. The fraction of sp³-hybridized carbons (Fsp3) is 0.600. The third kappa shape index (κ3) is 1.78. The Bertz CT molecular complexity index is 174. The average Bonchev–Trinajstić information content (AvgIpc) is 2.40. The molecule has 1 aromatic rings. The minimum absolute atomic E-state index is 0.0279. The molecule has 0 fully saturated rings. The Morgan fingerprint density at radius 1 is 1.70 bits per heavy atom. The topological polar surface area (TPSA) is 77.0 Å². The summed E-state index contributed by atoms with van der Waals surface area (Å²) >= 11 is 0. The van der Waals surface area contributed by atoms with E-state index >= 15 is 0 Å². The largest absolute Gasteiger partial charge is 0.395 e. The number of aliphatic hydroxyl groups is 1. The first kappa shape index (κ1) is 7.17. The van der Waals surface area contributed by atoms with Gasteiger partial charge in [-0.15, -0.1) is 5.10 Å². The van der Waals surface area contributed by atoms with Crippen molar-refractivity contribution < 1.29 is 5.11 Å². The zero-order valence-corrected chi connectivity index (χ0v) is 5.51. The first-order valence-corrected chi connectivity index (χ1v) is 3.03. The Hall–Kier alpha value is -0.940. The second-order valence-electron chi connectivity index (χ2n) is 2.07. The summed E-state index contributed by atoms with van der Waals surface area (Å²) in [5, 5.41) is 15.8. The number of rotatable bonds is 3. The Morgan fingerprint density at radius 2 is 2.50 bits per heavy atom. The summed E-state index contributed by atoms with van der Waals surface area (Å²) < 4.78 is 1.58. The molecular weight excluding hydrogens is 132 g/mol. The van der Waals surface area contributed by atoms with Gasteiger partial charge in [-0.25, -0.2) is 0 Å². The van der Waals surface area contributed by atoms with Gasteiger partial charge in [0.1, 0.15) is 0 Å². The highest BCUT2D eigenvalue weighted by molar-refractivity contribution is 4.67. The molecule has 0 radical (unpaired) electrons. The van der Waals surface area contributed by atoms with Crippen LogP contribution >= 0.6 is 0 Å². The normalized spacial score (nSPS) is 13.4. The van der Waals surface area contributed by atoms with E-state index in [1.165, 1.54) is 0 Å². The molecule has 1 unspecified atom stereocenters. The van der Waals surface area contributed by atoms with Crippen LogP contribution in [0.15, 0.2) is 12.4 Å². The minimum atomic E-state index is -0.248. The van der Waals surface area contributed by atoms with Crippen molar-refractivity contribution in [2.45, 2.75) is 12.6 Å². The Morgan fingerprint density at radius 3 is 3.00 bits per heavy atom. The number of aromatic nitrogens is 3. The van der Waals surface area contributed by atoms with Gasteiger partial charge in [-0.05, 0) is 0 Å². The van der Waals surface area contributed by atoms with Gasteiger partial charge in [-0.3, -0.25) is 4.68 Å². The highest BCUT2D eigenvalue weighted by Gasteiger charge is 2.00. The molecule has 0 aromatic carbocycles. The SMILES string of the molecule is NC(CO)Cn1ccnn1. The lowest BCUT2D eigenvalue weighted by molar-refractivity contribution is 0.250. The molecule has 0 aliphatic carbocycles. The summed E-state index contributed by atoms with van der Waals surface area (Å²) in [7, 11) is 0. The van der Waals surface area contributed by atoms with Gasteiger partial charge >= 0.3 is 0 Å². The van der Waals surface area contributed by atoms with Crippen molar-refractivity contribution >= 4 is 0 Å². The van der Waals surface area contributed by atoms with Gasteiger partial charge in [0, 0.05) is 12.2 Å². The highest BCUT2D eigenvalue weighted by atomic mass is 16.3. The molecule has 0 spiro atoms. The van der Waals surface area contributed by atoms with Crippen molar-refractivity contribution in [2.75, 3.05) is 6.61 Å². The molecule has 1 heterocycles. The Labute approximate surface area is 58.5 Å². The first-order chi connectivity index (χ1) is 4.83. The van der Waals surface area contributed by atoms with E-state index in [0.29, 0.717) is 6.54 Å². The number of hydrogen-bond donors (Lipinski definition) is 2. The van der Waals surface area contributed by atoms with E-state index < -0.39 is 0 Å². The fourth-order valence-corrected chi connectivity index (χ4v) is 0.628. The Kier molecular flexibility index (Phi) is 2.35. The van der Waals surface area contributed by atoms with E-state index in [0.717, 1.165) is 0 Å². The number of nitrogens with two attached hydrogens (primary N) is 1. The zero-order valence-electron chi connectivity index (χ0n) is 5.51. The van der Waals surface area contributed by atoms with Crippen LogP contribution in [-0.2, 0) is 6.54 Å². The molecule has 0 amide bonds. The third-order valence-electron chi connectivity index (χ3n) is 1.13. The third-order valence-corrected chi connectivity index (χ3v) is 1.13. The number of hydrogen-bond acceptors (Lipinski definition) is 4. The predicted octanol–water partition coefficient (Wildman–Crippen LogP) is -1.40. The lowest BCUT2D eigenvalue weighted by Crippen LogP contribution is -2.30. The maximum absolute atomic E-state index is 8.55. The standard InChI is InChI=1S/C5H10N4O/c6-5(4-10)3-9-2-1-7-8-9/h1-2,5,10H,3-4,6H2. The maximum atomic E-state index is 8.55. The van der Waals surface area contributed by atoms with E-state index in [9.17, 15) is 0 Å². The summed E-state index contributed by atoms with van der Waals surface area (Å²) in [5.74, 6) is 0. The molecule has 0 saturated heterocycles. The highest BCUT2D eigenvalue weighted by Crippen LogP contribution is 1.84. The van der Waals surface area contributed by atoms with Crippen molar-refractivity contribution in [1.82, 2.24) is 15.0 Å². The molecular formula is C5H10N4O. The van der Waals surface area contributed by atoms with E-state index in [2.05, 4.69) is 10.3 Å². The molecule has 0 saturated carbocycles. The molecule has 5 heteroatoms. The van der Waals surface area contributed by atoms with Crippen LogP contribution in [-0.4, -0.2) is 32.7 Å². The van der Waals surface area contributed by atoms with E-state index in [1.807, 2.05) is 0 Å². The van der Waals surface area contributed by atoms with Crippen LogP contribution in [0.4, 0.5) is 0 Å². The molecule has 0 aliphatic rings. The fourth-order valence-electron chi connectivity index (χ4n) is 0.628. The quantitative estimate of drug-likeness (QED) is 0.544. The molecule has 10 heavy (non-hydrogen) atoms. The van der Waals surface area contributed by atoms with Gasteiger partial charge in [0.2, 0.25) is 0 Å². The van der Waals surface area contributed by atoms with Crippen molar-refractivity contribution in [3.63, 3.8) is 0 Å². The second kappa shape index (κ2) is 3.28. The monoisotopic (exact) mass is 142 g/mol. The van der Waals surface area contributed by atoms with Crippen molar-refractivity contribution in [3.05, 3.63) is 12.4 Å². The molecule has 0 aliphatic heterocycles. The lowest BCUT2D eigenvalue weighted by atomic mass is 10.3. The summed E-state index contributed by atoms with van der Waals surface area (Å²) in [6.07, 6.45) is 3.28. The van der Waals surface area contributed by atoms with Crippen molar-refractivity contribution in [1.29, 1.82) is 0 Å². The molecule has 56 valence electrons. The van der Waals surface area contributed by atoms with Gasteiger partial charge in [0.05, 0.1) is 19.3 Å². The average molecular weight is 142 g/mol. The summed E-state index contributed by atoms with van der Waals surface area (Å²) in [5.41, 5.74) is 5.43. The smallest absolute Gasteiger partial charge is 0.0692 e. The van der Waals surface area contributed by atoms with Crippen LogP contribution in [0.2, 0.25) is 0 Å². The molecule has 0 bridgehead atoms. The van der Waals surface area contributed by atoms with E-state index in [-0.39, 0.29) is 12.6 Å². The lowest BCUT2D eigenvalue weighted by Gasteiger charge is -2.05. The molecule has 3 N–H and O–H groups in total. The molecule has 5 nitrogen and oxygen atoms in total. The molecule has 1 rings (SSSR count). The number of nitrogens with zero attached hydrogens (tertiary/aromatic N) is 3. The van der Waals surface area contributed by atoms with Gasteiger partial charge in [-0.1, -0.05) is 5.21 Å². The van der Waals surface area contributed by atoms with Crippen LogP contribution in [0.25, 0.3) is 0 Å². The Balaban J connectivity index is 2.40. The van der Waals surface area contributed by atoms with Crippen LogP contribution in [0.1, 0.15) is 0 Å². The van der Waals surface area contributed by atoms with Crippen LogP contribution in [0.5, 0.6) is 0 Å². The minimum Gasteiger partial charge on any atom is -0.395 e. The van der Waals surface area contributed by atoms with Crippen LogP contribution in [0, 0.1) is 0 Å². The maximum Gasteiger partial charge on any atom is 0.0692 e. The molecule has 1 aromatic heterocycles. The van der Waals surface area contributed by atoms with Crippen LogP contribution in [0.3, 0.4) is 0 Å². The zero-order chi connectivity index (χ0) is 7.40.